The molecule has 1 atom stereocenters. The standard InChI is InChI=1S/C27H28ClN3O3S2/c28-23-8-6-22-15-24(9-7-21(22)14-23)36(33,34)30-17-25(32)31-19-27(35-26(31)18-30)10-12-29(13-11-27)16-20-4-2-1-3-5-20/h1-9,14-15,26H,10-13,16-19H2. The third-order valence-corrected chi connectivity index (χ3v) is 11.4. The molecule has 188 valence electrons. The fourth-order valence-electron chi connectivity index (χ4n) is 5.59. The molecule has 0 bridgehead atoms. The van der Waals surface area contributed by atoms with Crippen LogP contribution in [-0.4, -0.2) is 71.3 Å². The van der Waals surface area contributed by atoms with Crippen LogP contribution in [0.4, 0.5) is 0 Å². The number of hydrogen-bond donors (Lipinski definition) is 0. The van der Waals surface area contributed by atoms with Crippen LogP contribution >= 0.6 is 23.4 Å². The van der Waals surface area contributed by atoms with E-state index in [1.165, 1.54) is 9.87 Å². The summed E-state index contributed by atoms with van der Waals surface area (Å²) in [6.07, 6.45) is 2.01. The van der Waals surface area contributed by atoms with E-state index in [-0.39, 0.29) is 27.5 Å². The van der Waals surface area contributed by atoms with E-state index in [1.54, 1.807) is 36.0 Å². The van der Waals surface area contributed by atoms with Gasteiger partial charge in [0.15, 0.2) is 0 Å². The number of halogens is 1. The molecule has 6 nitrogen and oxygen atoms in total. The van der Waals surface area contributed by atoms with Crippen molar-refractivity contribution in [1.29, 1.82) is 0 Å². The van der Waals surface area contributed by atoms with Gasteiger partial charge in [0.2, 0.25) is 15.9 Å². The van der Waals surface area contributed by atoms with Crippen LogP contribution in [0.2, 0.25) is 5.02 Å². The van der Waals surface area contributed by atoms with E-state index in [0.717, 1.165) is 43.2 Å². The smallest absolute Gasteiger partial charge is 0.243 e. The van der Waals surface area contributed by atoms with E-state index < -0.39 is 10.0 Å². The Balaban J connectivity index is 1.15. The Morgan fingerprint density at radius 1 is 0.972 bits per heavy atom. The molecule has 3 aliphatic heterocycles. The fourth-order valence-corrected chi connectivity index (χ4v) is 9.08. The van der Waals surface area contributed by atoms with Gasteiger partial charge >= 0.3 is 0 Å². The van der Waals surface area contributed by atoms with Gasteiger partial charge in [-0.05, 0) is 66.5 Å². The van der Waals surface area contributed by atoms with E-state index in [4.69, 9.17) is 11.6 Å². The summed E-state index contributed by atoms with van der Waals surface area (Å²) in [6.45, 7) is 3.85. The van der Waals surface area contributed by atoms with Crippen molar-refractivity contribution in [3.05, 3.63) is 77.3 Å². The van der Waals surface area contributed by atoms with E-state index in [9.17, 15) is 13.2 Å². The first kappa shape index (κ1) is 24.2. The number of benzene rings is 3. The molecule has 0 aromatic heterocycles. The SMILES string of the molecule is O=C1CN(S(=O)(=O)c2ccc3cc(Cl)ccc3c2)CC2SC3(CCN(Cc4ccccc4)CC3)CN12. The van der Waals surface area contributed by atoms with Crippen molar-refractivity contribution in [2.45, 2.75) is 34.4 Å². The average Bonchev–Trinajstić information content (AvgIpc) is 3.24. The molecule has 1 spiro atoms. The first-order valence-electron chi connectivity index (χ1n) is 12.2. The maximum absolute atomic E-state index is 13.5. The zero-order valence-corrected chi connectivity index (χ0v) is 22.2. The minimum Gasteiger partial charge on any atom is -0.327 e. The number of amides is 1. The Labute approximate surface area is 221 Å². The Morgan fingerprint density at radius 2 is 1.69 bits per heavy atom. The lowest BCUT2D eigenvalue weighted by atomic mass is 9.94. The number of sulfonamides is 1. The third kappa shape index (κ3) is 4.54. The first-order chi connectivity index (χ1) is 17.3. The molecule has 3 aromatic rings. The molecule has 3 heterocycles. The third-order valence-electron chi connectivity index (χ3n) is 7.61. The van der Waals surface area contributed by atoms with Gasteiger partial charge in [-0.15, -0.1) is 11.8 Å². The number of hydrogen-bond acceptors (Lipinski definition) is 5. The molecule has 6 rings (SSSR count). The molecular weight excluding hydrogens is 514 g/mol. The lowest BCUT2D eigenvalue weighted by Gasteiger charge is -2.38. The molecule has 0 radical (unpaired) electrons. The highest BCUT2D eigenvalue weighted by molar-refractivity contribution is 8.01. The molecule has 3 aromatic carbocycles. The summed E-state index contributed by atoms with van der Waals surface area (Å²) in [5.41, 5.74) is 1.32. The molecule has 0 saturated carbocycles. The van der Waals surface area contributed by atoms with Crippen LogP contribution in [0.15, 0.2) is 71.6 Å². The van der Waals surface area contributed by atoms with Crippen molar-refractivity contribution in [3.63, 3.8) is 0 Å². The van der Waals surface area contributed by atoms with Crippen molar-refractivity contribution in [1.82, 2.24) is 14.1 Å². The van der Waals surface area contributed by atoms with Crippen LogP contribution in [-0.2, 0) is 21.4 Å². The number of piperazine rings is 1. The number of nitrogens with zero attached hydrogens (tertiary/aromatic N) is 3. The van der Waals surface area contributed by atoms with Crippen LogP contribution in [0, 0.1) is 0 Å². The molecule has 3 saturated heterocycles. The number of fused-ring (bicyclic) bond motifs is 2. The molecule has 36 heavy (non-hydrogen) atoms. The van der Waals surface area contributed by atoms with E-state index in [2.05, 4.69) is 29.2 Å². The van der Waals surface area contributed by atoms with Crippen LogP contribution in [0.25, 0.3) is 10.8 Å². The van der Waals surface area contributed by atoms with Crippen LogP contribution in [0.5, 0.6) is 0 Å². The number of carbonyl (C=O) groups excluding carboxylic acids is 1. The lowest BCUT2D eigenvalue weighted by Crippen LogP contribution is -2.55. The van der Waals surface area contributed by atoms with Crippen LogP contribution in [0.1, 0.15) is 18.4 Å². The molecular formula is C27H28ClN3O3S2. The predicted octanol–water partition coefficient (Wildman–Crippen LogP) is 4.43. The lowest BCUT2D eigenvalue weighted by molar-refractivity contribution is -0.134. The Bertz CT molecular complexity index is 1410. The quantitative estimate of drug-likeness (QED) is 0.489. The Hall–Kier alpha value is -2.10. The summed E-state index contributed by atoms with van der Waals surface area (Å²) < 4.78 is 28.4. The molecule has 1 unspecified atom stereocenters. The topological polar surface area (TPSA) is 60.9 Å². The highest BCUT2D eigenvalue weighted by atomic mass is 35.5. The highest BCUT2D eigenvalue weighted by Gasteiger charge is 2.51. The molecule has 0 N–H and O–H groups in total. The number of piperidine rings is 1. The van der Waals surface area contributed by atoms with E-state index in [1.807, 2.05) is 23.1 Å². The molecule has 3 fully saturated rings. The van der Waals surface area contributed by atoms with Crippen molar-refractivity contribution in [3.8, 4) is 0 Å². The van der Waals surface area contributed by atoms with E-state index >= 15 is 0 Å². The van der Waals surface area contributed by atoms with Crippen molar-refractivity contribution >= 4 is 50.1 Å². The van der Waals surface area contributed by atoms with E-state index in [0.29, 0.717) is 18.1 Å². The summed E-state index contributed by atoms with van der Waals surface area (Å²) in [7, 11) is -3.79. The van der Waals surface area contributed by atoms with Gasteiger partial charge in [0.25, 0.3) is 0 Å². The molecule has 0 aliphatic carbocycles. The maximum atomic E-state index is 13.5. The number of thioether (sulfide) groups is 1. The van der Waals surface area contributed by atoms with Gasteiger partial charge in [0.05, 0.1) is 16.8 Å². The normalized spacial score (nSPS) is 22.9. The van der Waals surface area contributed by atoms with Crippen molar-refractivity contribution < 1.29 is 13.2 Å². The minimum absolute atomic E-state index is 0.00943. The van der Waals surface area contributed by atoms with Crippen molar-refractivity contribution in [2.75, 3.05) is 32.7 Å². The second kappa shape index (κ2) is 9.33. The Kier molecular flexibility index (Phi) is 6.29. The molecule has 9 heteroatoms. The summed E-state index contributed by atoms with van der Waals surface area (Å²) >= 11 is 7.88. The second-order valence-corrected chi connectivity index (χ2v) is 14.0. The van der Waals surface area contributed by atoms with Gasteiger partial charge in [-0.1, -0.05) is 54.1 Å². The largest absolute Gasteiger partial charge is 0.327 e. The summed E-state index contributed by atoms with van der Waals surface area (Å²) in [6, 6.07) is 20.9. The maximum Gasteiger partial charge on any atom is 0.243 e. The van der Waals surface area contributed by atoms with Gasteiger partial charge in [0, 0.05) is 29.4 Å². The highest BCUT2D eigenvalue weighted by Crippen LogP contribution is 2.48. The van der Waals surface area contributed by atoms with Gasteiger partial charge in [-0.3, -0.25) is 9.69 Å². The molecule has 1 amide bonds. The predicted molar refractivity (Wildman–Crippen MR) is 144 cm³/mol. The zero-order valence-electron chi connectivity index (χ0n) is 19.8. The first-order valence-corrected chi connectivity index (χ1v) is 14.9. The zero-order chi connectivity index (χ0) is 24.9. The summed E-state index contributed by atoms with van der Waals surface area (Å²) in [4.78, 5) is 17.7. The number of carbonyl (C=O) groups is 1. The van der Waals surface area contributed by atoms with Crippen LogP contribution < -0.4 is 0 Å². The molecule has 3 aliphatic rings. The van der Waals surface area contributed by atoms with Gasteiger partial charge < -0.3 is 4.90 Å². The Morgan fingerprint density at radius 3 is 2.47 bits per heavy atom. The fraction of sp³-hybridized carbons (Fsp3) is 0.370. The van der Waals surface area contributed by atoms with Crippen molar-refractivity contribution in [2.24, 2.45) is 0 Å². The van der Waals surface area contributed by atoms with Gasteiger partial charge in [-0.25, -0.2) is 8.42 Å². The second-order valence-electron chi connectivity index (χ2n) is 9.99. The van der Waals surface area contributed by atoms with Gasteiger partial charge in [0.1, 0.15) is 0 Å². The summed E-state index contributed by atoms with van der Waals surface area (Å²) in [5, 5.41) is 2.16. The number of likely N-dealkylation sites (tertiary alicyclic amines) is 1. The monoisotopic (exact) mass is 541 g/mol. The van der Waals surface area contributed by atoms with Crippen LogP contribution in [0.3, 0.4) is 0 Å². The summed E-state index contributed by atoms with van der Waals surface area (Å²) in [5.74, 6) is -0.0986. The minimum atomic E-state index is -3.79. The number of rotatable bonds is 4. The van der Waals surface area contributed by atoms with Gasteiger partial charge in [-0.2, -0.15) is 4.31 Å². The average molecular weight is 542 g/mol.